The number of nitrogens with one attached hydrogen (secondary N) is 1. The molecule has 1 N–H and O–H groups in total. The number of aryl methyl sites for hydroxylation is 1. The SMILES string of the molecule is CCSC1CCC(Nc2nc3ccccc3nc2C)C1. The molecule has 0 radical (unpaired) electrons. The van der Waals surface area contributed by atoms with E-state index in [1.54, 1.807) is 0 Å². The molecular formula is C16H21N3S. The molecule has 0 spiro atoms. The number of nitrogens with zero attached hydrogens (tertiary/aromatic N) is 2. The lowest BCUT2D eigenvalue weighted by Gasteiger charge is -2.15. The van der Waals surface area contributed by atoms with Gasteiger partial charge in [-0.3, -0.25) is 0 Å². The van der Waals surface area contributed by atoms with Crippen molar-refractivity contribution in [3.63, 3.8) is 0 Å². The van der Waals surface area contributed by atoms with E-state index in [1.807, 2.05) is 31.2 Å². The molecule has 2 unspecified atom stereocenters. The van der Waals surface area contributed by atoms with E-state index in [9.17, 15) is 0 Å². The molecule has 4 heteroatoms. The third-order valence-electron chi connectivity index (χ3n) is 3.87. The van der Waals surface area contributed by atoms with E-state index < -0.39 is 0 Å². The summed E-state index contributed by atoms with van der Waals surface area (Å²) in [6, 6.07) is 8.61. The molecule has 0 aliphatic heterocycles. The highest BCUT2D eigenvalue weighted by Gasteiger charge is 2.25. The van der Waals surface area contributed by atoms with Gasteiger partial charge in [-0.05, 0) is 44.1 Å². The van der Waals surface area contributed by atoms with Crippen LogP contribution >= 0.6 is 11.8 Å². The van der Waals surface area contributed by atoms with Crippen LogP contribution in [0.4, 0.5) is 5.82 Å². The van der Waals surface area contributed by atoms with Crippen molar-refractivity contribution in [2.75, 3.05) is 11.1 Å². The topological polar surface area (TPSA) is 37.8 Å². The Bertz CT molecular complexity index is 599. The Labute approximate surface area is 124 Å². The lowest BCUT2D eigenvalue weighted by atomic mass is 10.2. The molecule has 0 bridgehead atoms. The van der Waals surface area contributed by atoms with Gasteiger partial charge in [0.05, 0.1) is 16.7 Å². The van der Waals surface area contributed by atoms with Crippen molar-refractivity contribution in [2.24, 2.45) is 0 Å². The Morgan fingerprint density at radius 1 is 1.20 bits per heavy atom. The fourth-order valence-electron chi connectivity index (χ4n) is 2.88. The molecular weight excluding hydrogens is 266 g/mol. The van der Waals surface area contributed by atoms with Crippen LogP contribution in [-0.4, -0.2) is 27.0 Å². The molecule has 0 amide bonds. The third kappa shape index (κ3) is 2.90. The van der Waals surface area contributed by atoms with Crippen molar-refractivity contribution in [1.82, 2.24) is 9.97 Å². The number of para-hydroxylation sites is 2. The van der Waals surface area contributed by atoms with Gasteiger partial charge in [0.2, 0.25) is 0 Å². The average Bonchev–Trinajstić information content (AvgIpc) is 2.87. The fourth-order valence-corrected chi connectivity index (χ4v) is 4.02. The maximum atomic E-state index is 4.73. The highest BCUT2D eigenvalue weighted by Crippen LogP contribution is 2.31. The number of fused-ring (bicyclic) bond motifs is 1. The van der Waals surface area contributed by atoms with Crippen molar-refractivity contribution in [3.8, 4) is 0 Å². The number of anilines is 1. The number of thioether (sulfide) groups is 1. The summed E-state index contributed by atoms with van der Waals surface area (Å²) in [5.74, 6) is 2.17. The smallest absolute Gasteiger partial charge is 0.148 e. The first-order valence-electron chi connectivity index (χ1n) is 7.37. The molecule has 106 valence electrons. The Kier molecular flexibility index (Phi) is 4.10. The summed E-state index contributed by atoms with van der Waals surface area (Å²) < 4.78 is 0. The Morgan fingerprint density at radius 2 is 1.95 bits per heavy atom. The molecule has 3 rings (SSSR count). The van der Waals surface area contributed by atoms with Gasteiger partial charge in [-0.2, -0.15) is 11.8 Å². The summed E-state index contributed by atoms with van der Waals surface area (Å²) in [5, 5.41) is 4.41. The predicted octanol–water partition coefficient (Wildman–Crippen LogP) is 4.02. The summed E-state index contributed by atoms with van der Waals surface area (Å²) in [4.78, 5) is 9.37. The van der Waals surface area contributed by atoms with Crippen LogP contribution in [0.1, 0.15) is 31.9 Å². The molecule has 1 heterocycles. The van der Waals surface area contributed by atoms with Gasteiger partial charge < -0.3 is 5.32 Å². The van der Waals surface area contributed by atoms with Crippen LogP contribution in [0.25, 0.3) is 11.0 Å². The van der Waals surface area contributed by atoms with E-state index in [1.165, 1.54) is 25.0 Å². The molecule has 1 aliphatic rings. The molecule has 0 saturated heterocycles. The highest BCUT2D eigenvalue weighted by atomic mass is 32.2. The first-order valence-corrected chi connectivity index (χ1v) is 8.42. The largest absolute Gasteiger partial charge is 0.366 e. The maximum Gasteiger partial charge on any atom is 0.148 e. The highest BCUT2D eigenvalue weighted by molar-refractivity contribution is 7.99. The monoisotopic (exact) mass is 287 g/mol. The first-order chi connectivity index (χ1) is 9.76. The van der Waals surface area contributed by atoms with Gasteiger partial charge in [-0.25, -0.2) is 9.97 Å². The van der Waals surface area contributed by atoms with E-state index in [0.29, 0.717) is 6.04 Å². The van der Waals surface area contributed by atoms with Crippen LogP contribution in [0.2, 0.25) is 0 Å². The summed E-state index contributed by atoms with van der Waals surface area (Å²) in [7, 11) is 0. The van der Waals surface area contributed by atoms with Crippen LogP contribution in [0.3, 0.4) is 0 Å². The summed E-state index contributed by atoms with van der Waals surface area (Å²) in [5.41, 5.74) is 2.94. The molecule has 1 fully saturated rings. The second kappa shape index (κ2) is 6.00. The zero-order chi connectivity index (χ0) is 13.9. The van der Waals surface area contributed by atoms with E-state index in [2.05, 4.69) is 29.0 Å². The minimum Gasteiger partial charge on any atom is -0.366 e. The molecule has 2 aromatic rings. The minimum atomic E-state index is 0.549. The molecule has 2 atom stereocenters. The van der Waals surface area contributed by atoms with Gasteiger partial charge >= 0.3 is 0 Å². The molecule has 1 aromatic heterocycles. The number of hydrogen-bond donors (Lipinski definition) is 1. The van der Waals surface area contributed by atoms with Gasteiger partial charge in [0, 0.05) is 11.3 Å². The van der Waals surface area contributed by atoms with Crippen LogP contribution in [0.15, 0.2) is 24.3 Å². The minimum absolute atomic E-state index is 0.549. The van der Waals surface area contributed by atoms with Crippen LogP contribution in [-0.2, 0) is 0 Å². The first kappa shape index (κ1) is 13.7. The number of aromatic nitrogens is 2. The lowest BCUT2D eigenvalue weighted by molar-refractivity contribution is 0.750. The number of rotatable bonds is 4. The average molecular weight is 287 g/mol. The van der Waals surface area contributed by atoms with E-state index in [-0.39, 0.29) is 0 Å². The zero-order valence-corrected chi connectivity index (χ0v) is 12.9. The van der Waals surface area contributed by atoms with Crippen molar-refractivity contribution in [1.29, 1.82) is 0 Å². The van der Waals surface area contributed by atoms with Crippen molar-refractivity contribution in [3.05, 3.63) is 30.0 Å². The number of hydrogen-bond acceptors (Lipinski definition) is 4. The van der Waals surface area contributed by atoms with Gasteiger partial charge in [0.25, 0.3) is 0 Å². The van der Waals surface area contributed by atoms with Gasteiger partial charge in [-0.1, -0.05) is 19.1 Å². The number of benzene rings is 1. The van der Waals surface area contributed by atoms with Gasteiger partial charge in [0.15, 0.2) is 0 Å². The van der Waals surface area contributed by atoms with Crippen LogP contribution in [0, 0.1) is 6.92 Å². The van der Waals surface area contributed by atoms with Crippen molar-refractivity contribution >= 4 is 28.6 Å². The maximum absolute atomic E-state index is 4.73. The standard InChI is InChI=1S/C16H21N3S/c1-3-20-13-9-8-12(10-13)18-16-11(2)17-14-6-4-5-7-15(14)19-16/h4-7,12-13H,3,8-10H2,1-2H3,(H,18,19). The quantitative estimate of drug-likeness (QED) is 0.921. The fraction of sp³-hybridized carbons (Fsp3) is 0.500. The molecule has 1 aromatic carbocycles. The van der Waals surface area contributed by atoms with Gasteiger partial charge in [-0.15, -0.1) is 0 Å². The van der Waals surface area contributed by atoms with E-state index in [4.69, 9.17) is 4.98 Å². The lowest BCUT2D eigenvalue weighted by Crippen LogP contribution is -2.18. The summed E-state index contributed by atoms with van der Waals surface area (Å²) in [6.45, 7) is 4.28. The summed E-state index contributed by atoms with van der Waals surface area (Å²) >= 11 is 2.08. The molecule has 1 aliphatic carbocycles. The Morgan fingerprint density at radius 3 is 2.70 bits per heavy atom. The molecule has 3 nitrogen and oxygen atoms in total. The third-order valence-corrected chi connectivity index (χ3v) is 5.11. The van der Waals surface area contributed by atoms with E-state index >= 15 is 0 Å². The van der Waals surface area contributed by atoms with Crippen molar-refractivity contribution in [2.45, 2.75) is 44.4 Å². The second-order valence-corrected chi connectivity index (χ2v) is 6.96. The molecule has 1 saturated carbocycles. The second-order valence-electron chi connectivity index (χ2n) is 5.38. The Hall–Kier alpha value is -1.29. The Balaban J connectivity index is 1.76. The van der Waals surface area contributed by atoms with Crippen molar-refractivity contribution < 1.29 is 0 Å². The normalized spacial score (nSPS) is 22.3. The predicted molar refractivity (Wildman–Crippen MR) is 87.5 cm³/mol. The van der Waals surface area contributed by atoms with Crippen LogP contribution < -0.4 is 5.32 Å². The van der Waals surface area contributed by atoms with E-state index in [0.717, 1.165) is 27.8 Å². The zero-order valence-electron chi connectivity index (χ0n) is 12.1. The summed E-state index contributed by atoms with van der Waals surface area (Å²) in [6.07, 6.45) is 3.80. The van der Waals surface area contributed by atoms with Crippen LogP contribution in [0.5, 0.6) is 0 Å². The molecule has 20 heavy (non-hydrogen) atoms. The van der Waals surface area contributed by atoms with Gasteiger partial charge in [0.1, 0.15) is 5.82 Å².